The van der Waals surface area contributed by atoms with Crippen LogP contribution >= 0.6 is 11.6 Å². The van der Waals surface area contributed by atoms with E-state index < -0.39 is 5.97 Å². The number of pyridine rings is 1. The number of carbonyl (C=O) groups excluding carboxylic acids is 1. The van der Waals surface area contributed by atoms with E-state index in [1.165, 1.54) is 0 Å². The number of hydrogen-bond donors (Lipinski definition) is 1. The largest absolute Gasteiger partial charge is 0.504 e. The van der Waals surface area contributed by atoms with Crippen LogP contribution in [0.4, 0.5) is 0 Å². The van der Waals surface area contributed by atoms with Crippen molar-refractivity contribution in [2.24, 2.45) is 0 Å². The summed E-state index contributed by atoms with van der Waals surface area (Å²) >= 11 is 5.90. The minimum absolute atomic E-state index is 0.0513. The van der Waals surface area contributed by atoms with Crippen LogP contribution < -0.4 is 0 Å². The highest BCUT2D eigenvalue weighted by Crippen LogP contribution is 2.33. The minimum Gasteiger partial charge on any atom is -0.504 e. The lowest BCUT2D eigenvalue weighted by molar-refractivity contribution is -0.131. The zero-order valence-corrected chi connectivity index (χ0v) is 15.7. The average Bonchev–Trinajstić information content (AvgIpc) is 3.02. The summed E-state index contributed by atoms with van der Waals surface area (Å²) in [5, 5.41) is 20.0. The van der Waals surface area contributed by atoms with Crippen molar-refractivity contribution in [3.8, 4) is 17.3 Å². The van der Waals surface area contributed by atoms with Gasteiger partial charge in [0.2, 0.25) is 0 Å². The molecule has 0 aliphatic carbocycles. The number of cyclic esters (lactones) is 1. The van der Waals surface area contributed by atoms with Gasteiger partial charge in [-0.05, 0) is 47.5 Å². The molecule has 1 aromatic heterocycles. The highest BCUT2D eigenvalue weighted by Gasteiger charge is 2.31. The number of esters is 1. The third-order valence-electron chi connectivity index (χ3n) is 4.40. The van der Waals surface area contributed by atoms with E-state index in [4.69, 9.17) is 21.6 Å². The Balaban J connectivity index is 1.62. The maximum Gasteiger partial charge on any atom is 0.348 e. The maximum absolute atomic E-state index is 12.2. The number of halogens is 1. The molecular weight excluding hydrogens is 388 g/mol. The molecule has 5 nitrogen and oxygen atoms in total. The molecule has 3 aromatic rings. The first-order valence-corrected chi connectivity index (χ1v) is 9.03. The smallest absolute Gasteiger partial charge is 0.348 e. The Morgan fingerprint density at radius 1 is 1.00 bits per heavy atom. The van der Waals surface area contributed by atoms with Gasteiger partial charge in [-0.25, -0.2) is 4.79 Å². The first-order chi connectivity index (χ1) is 14.0. The van der Waals surface area contributed by atoms with Crippen molar-refractivity contribution >= 4 is 29.2 Å². The van der Waals surface area contributed by atoms with Crippen LogP contribution in [-0.4, -0.2) is 16.1 Å². The molecule has 140 valence electrons. The number of ether oxygens (including phenoxy) is 1. The number of benzene rings is 2. The van der Waals surface area contributed by atoms with Crippen molar-refractivity contribution in [1.82, 2.24) is 4.98 Å². The van der Waals surface area contributed by atoms with Gasteiger partial charge in [0.25, 0.3) is 0 Å². The van der Waals surface area contributed by atoms with E-state index in [9.17, 15) is 9.90 Å². The summed E-state index contributed by atoms with van der Waals surface area (Å²) in [6.45, 7) is 0. The van der Waals surface area contributed by atoms with Gasteiger partial charge in [0.05, 0.1) is 17.3 Å². The van der Waals surface area contributed by atoms with E-state index in [0.29, 0.717) is 21.7 Å². The normalized spacial score (nSPS) is 14.8. The van der Waals surface area contributed by atoms with E-state index >= 15 is 0 Å². The van der Waals surface area contributed by atoms with Crippen LogP contribution in [0.25, 0.3) is 22.9 Å². The highest BCUT2D eigenvalue weighted by molar-refractivity contribution is 6.30. The Hall–Kier alpha value is -3.88. The fraction of sp³-hybridized carbons (Fsp3) is 0. The lowest BCUT2D eigenvalue weighted by Crippen LogP contribution is -1.98. The third-order valence-corrected chi connectivity index (χ3v) is 4.66. The van der Waals surface area contributed by atoms with Crippen LogP contribution in [0, 0.1) is 11.3 Å². The summed E-state index contributed by atoms with van der Waals surface area (Å²) in [6.07, 6.45) is 3.17. The van der Waals surface area contributed by atoms with Crippen LogP contribution in [0.3, 0.4) is 0 Å². The SMILES string of the molecule is N#Cc1ccc(C2=C(O)/C(=C\c3ccc(-c4ccc(Cl)cc4)nc3)OC2=O)cc1. The number of hydrogen-bond acceptors (Lipinski definition) is 5. The van der Waals surface area contributed by atoms with E-state index in [1.54, 1.807) is 48.7 Å². The van der Waals surface area contributed by atoms with Crippen LogP contribution in [0.5, 0.6) is 0 Å². The van der Waals surface area contributed by atoms with Gasteiger partial charge < -0.3 is 9.84 Å². The summed E-state index contributed by atoms with van der Waals surface area (Å²) in [5.41, 5.74) is 3.36. The lowest BCUT2D eigenvalue weighted by atomic mass is 10.0. The van der Waals surface area contributed by atoms with Crippen LogP contribution in [0.2, 0.25) is 5.02 Å². The molecule has 0 bridgehead atoms. The van der Waals surface area contributed by atoms with Gasteiger partial charge in [0.15, 0.2) is 11.5 Å². The van der Waals surface area contributed by atoms with Gasteiger partial charge >= 0.3 is 5.97 Å². The zero-order chi connectivity index (χ0) is 20.4. The second-order valence-electron chi connectivity index (χ2n) is 6.29. The molecule has 0 unspecified atom stereocenters. The summed E-state index contributed by atoms with van der Waals surface area (Å²) in [7, 11) is 0. The van der Waals surface area contributed by atoms with Crippen molar-refractivity contribution < 1.29 is 14.6 Å². The van der Waals surface area contributed by atoms with Gasteiger partial charge in [-0.15, -0.1) is 0 Å². The summed E-state index contributed by atoms with van der Waals surface area (Å²) in [4.78, 5) is 16.6. The number of aliphatic hydroxyl groups is 1. The maximum atomic E-state index is 12.2. The molecule has 0 spiro atoms. The van der Waals surface area contributed by atoms with E-state index in [-0.39, 0.29) is 17.1 Å². The van der Waals surface area contributed by atoms with E-state index in [1.807, 2.05) is 30.3 Å². The molecule has 1 aliphatic heterocycles. The molecule has 2 heterocycles. The molecule has 0 saturated carbocycles. The fourth-order valence-electron chi connectivity index (χ4n) is 2.92. The third kappa shape index (κ3) is 3.75. The fourth-order valence-corrected chi connectivity index (χ4v) is 3.04. The van der Waals surface area contributed by atoms with E-state index in [2.05, 4.69) is 4.98 Å². The second kappa shape index (κ2) is 7.63. The van der Waals surface area contributed by atoms with Gasteiger partial charge in [0, 0.05) is 16.8 Å². The molecule has 6 heteroatoms. The Labute approximate surface area is 171 Å². The van der Waals surface area contributed by atoms with Crippen LogP contribution in [0.15, 0.2) is 78.4 Å². The molecule has 0 saturated heterocycles. The second-order valence-corrected chi connectivity index (χ2v) is 6.73. The molecule has 1 aliphatic rings. The molecule has 1 N–H and O–H groups in total. The zero-order valence-electron chi connectivity index (χ0n) is 15.0. The molecule has 0 radical (unpaired) electrons. The number of aromatic nitrogens is 1. The predicted molar refractivity (Wildman–Crippen MR) is 109 cm³/mol. The predicted octanol–water partition coefficient (Wildman–Crippen LogP) is 5.14. The average molecular weight is 401 g/mol. The summed E-state index contributed by atoms with van der Waals surface area (Å²) in [5.74, 6) is -0.846. The molecule has 0 atom stereocenters. The molecule has 4 rings (SSSR count). The number of carbonyl (C=O) groups is 1. The summed E-state index contributed by atoms with van der Waals surface area (Å²) < 4.78 is 5.22. The first-order valence-electron chi connectivity index (χ1n) is 8.65. The Bertz CT molecular complexity index is 1190. The standard InChI is InChI=1S/C23H13ClN2O3/c24-18-8-6-16(7-9-18)19-10-3-15(13-26-19)11-20-22(27)21(23(28)29-20)17-4-1-14(12-25)2-5-17/h1-11,13,27H/b20-11+. The topological polar surface area (TPSA) is 83.2 Å². The van der Waals surface area contributed by atoms with Gasteiger partial charge in [-0.1, -0.05) is 41.9 Å². The van der Waals surface area contributed by atoms with Crippen LogP contribution in [-0.2, 0) is 9.53 Å². The Morgan fingerprint density at radius 2 is 1.69 bits per heavy atom. The van der Waals surface area contributed by atoms with Gasteiger partial charge in [-0.3, -0.25) is 4.98 Å². The number of nitrogens with zero attached hydrogens (tertiary/aromatic N) is 2. The molecular formula is C23H13ClN2O3. The number of aliphatic hydroxyl groups excluding tert-OH is 1. The van der Waals surface area contributed by atoms with Crippen LogP contribution in [0.1, 0.15) is 16.7 Å². The van der Waals surface area contributed by atoms with E-state index in [0.717, 1.165) is 11.3 Å². The Morgan fingerprint density at radius 3 is 2.31 bits per heavy atom. The van der Waals surface area contributed by atoms with Crippen molar-refractivity contribution in [2.45, 2.75) is 0 Å². The highest BCUT2D eigenvalue weighted by atomic mass is 35.5. The Kier molecular flexibility index (Phi) is 4.86. The number of rotatable bonds is 3. The monoisotopic (exact) mass is 400 g/mol. The van der Waals surface area contributed by atoms with Crippen molar-refractivity contribution in [3.63, 3.8) is 0 Å². The minimum atomic E-state index is -0.649. The van der Waals surface area contributed by atoms with Gasteiger partial charge in [0.1, 0.15) is 5.57 Å². The van der Waals surface area contributed by atoms with Crippen molar-refractivity contribution in [1.29, 1.82) is 5.26 Å². The molecule has 2 aromatic carbocycles. The quantitative estimate of drug-likeness (QED) is 0.615. The number of nitriles is 1. The van der Waals surface area contributed by atoms with Crippen molar-refractivity contribution in [2.75, 3.05) is 0 Å². The molecule has 29 heavy (non-hydrogen) atoms. The van der Waals surface area contributed by atoms with Gasteiger partial charge in [-0.2, -0.15) is 5.26 Å². The first kappa shape index (κ1) is 18.5. The molecule has 0 amide bonds. The molecule has 0 fully saturated rings. The lowest BCUT2D eigenvalue weighted by Gasteiger charge is -2.02. The van der Waals surface area contributed by atoms with Crippen molar-refractivity contribution in [3.05, 3.63) is 100 Å². The summed E-state index contributed by atoms with van der Waals surface area (Å²) in [6, 6.07) is 19.3.